The van der Waals surface area contributed by atoms with Crippen LogP contribution in [0.5, 0.6) is 0 Å². The summed E-state index contributed by atoms with van der Waals surface area (Å²) in [5.74, 6) is 0. The molecule has 1 rings (SSSR count). The molecule has 94 valence electrons. The molecule has 0 aliphatic carbocycles. The van der Waals surface area contributed by atoms with E-state index in [1.165, 1.54) is 0 Å². The average molecular weight is 247 g/mol. The first-order valence-electron chi connectivity index (χ1n) is 5.48. The molecule has 1 atom stereocenters. The lowest BCUT2D eigenvalue weighted by molar-refractivity contribution is 0.310. The van der Waals surface area contributed by atoms with Crippen molar-refractivity contribution in [1.82, 2.24) is 14.3 Å². The van der Waals surface area contributed by atoms with Gasteiger partial charge in [0, 0.05) is 37.8 Å². The minimum atomic E-state index is -3.38. The van der Waals surface area contributed by atoms with Crippen LogP contribution in [0.15, 0.2) is 12.3 Å². The molecule has 1 aliphatic heterocycles. The van der Waals surface area contributed by atoms with Crippen molar-refractivity contribution < 1.29 is 8.42 Å². The summed E-state index contributed by atoms with van der Waals surface area (Å²) in [5, 5.41) is 0. The molecule has 0 bridgehead atoms. The third-order valence-electron chi connectivity index (χ3n) is 2.55. The van der Waals surface area contributed by atoms with Gasteiger partial charge in [-0.05, 0) is 20.3 Å². The van der Waals surface area contributed by atoms with Gasteiger partial charge < -0.3 is 4.90 Å². The second-order valence-electron chi connectivity index (χ2n) is 4.57. The highest BCUT2D eigenvalue weighted by Gasteiger charge is 2.23. The number of nitrogens with one attached hydrogen (secondary N) is 2. The zero-order valence-electron chi connectivity index (χ0n) is 10.2. The van der Waals surface area contributed by atoms with Crippen LogP contribution in [-0.2, 0) is 10.2 Å². The van der Waals surface area contributed by atoms with Gasteiger partial charge in [-0.25, -0.2) is 0 Å². The molecule has 0 amide bonds. The summed E-state index contributed by atoms with van der Waals surface area (Å²) < 4.78 is 28.4. The maximum atomic E-state index is 11.6. The van der Waals surface area contributed by atoms with Crippen molar-refractivity contribution in [1.29, 1.82) is 0 Å². The summed E-state index contributed by atoms with van der Waals surface area (Å²) in [7, 11) is -1.41. The first kappa shape index (κ1) is 13.5. The van der Waals surface area contributed by atoms with E-state index >= 15 is 0 Å². The summed E-state index contributed by atoms with van der Waals surface area (Å²) in [6.07, 6.45) is 1.49. The van der Waals surface area contributed by atoms with Gasteiger partial charge in [0.05, 0.1) is 0 Å². The molecule has 1 aliphatic rings. The Kier molecular flexibility index (Phi) is 4.35. The Morgan fingerprint density at radius 1 is 1.50 bits per heavy atom. The van der Waals surface area contributed by atoms with Gasteiger partial charge >= 0.3 is 0 Å². The molecule has 0 aromatic heterocycles. The molecular formula is C10H21N3O2S. The van der Waals surface area contributed by atoms with E-state index in [9.17, 15) is 8.42 Å². The largest absolute Gasteiger partial charge is 0.378 e. The molecule has 1 fully saturated rings. The SMILES string of the molecule is C=C1CC(NS(=O)(=O)NC(C)C)CCN1C. The summed E-state index contributed by atoms with van der Waals surface area (Å²) >= 11 is 0. The third-order valence-corrected chi connectivity index (χ3v) is 3.97. The molecular weight excluding hydrogens is 226 g/mol. The third kappa shape index (κ3) is 4.11. The van der Waals surface area contributed by atoms with Crippen molar-refractivity contribution in [2.24, 2.45) is 0 Å². The highest BCUT2D eigenvalue weighted by Crippen LogP contribution is 2.17. The second kappa shape index (κ2) is 5.16. The van der Waals surface area contributed by atoms with Gasteiger partial charge in [0.15, 0.2) is 0 Å². The predicted molar refractivity (Wildman–Crippen MR) is 65.1 cm³/mol. The number of hydrogen-bond acceptors (Lipinski definition) is 3. The Labute approximate surface area is 98.1 Å². The van der Waals surface area contributed by atoms with Gasteiger partial charge in [-0.15, -0.1) is 0 Å². The highest BCUT2D eigenvalue weighted by atomic mass is 32.2. The van der Waals surface area contributed by atoms with E-state index in [-0.39, 0.29) is 12.1 Å². The van der Waals surface area contributed by atoms with Gasteiger partial charge in [-0.3, -0.25) is 0 Å². The van der Waals surface area contributed by atoms with E-state index in [0.29, 0.717) is 6.42 Å². The number of hydrogen-bond donors (Lipinski definition) is 2. The number of rotatable bonds is 4. The predicted octanol–water partition coefficient (Wildman–Crippen LogP) is 0.427. The van der Waals surface area contributed by atoms with E-state index in [1.54, 1.807) is 13.8 Å². The molecule has 0 aromatic carbocycles. The van der Waals surface area contributed by atoms with Gasteiger partial charge in [-0.2, -0.15) is 17.9 Å². The molecule has 5 nitrogen and oxygen atoms in total. The maximum absolute atomic E-state index is 11.6. The highest BCUT2D eigenvalue weighted by molar-refractivity contribution is 7.87. The fourth-order valence-corrected chi connectivity index (χ4v) is 3.04. The Balaban J connectivity index is 2.52. The molecule has 1 heterocycles. The van der Waals surface area contributed by atoms with Crippen LogP contribution in [0.3, 0.4) is 0 Å². The molecule has 0 radical (unpaired) electrons. The molecule has 16 heavy (non-hydrogen) atoms. The monoisotopic (exact) mass is 247 g/mol. The maximum Gasteiger partial charge on any atom is 0.277 e. The Morgan fingerprint density at radius 2 is 2.12 bits per heavy atom. The zero-order valence-corrected chi connectivity index (χ0v) is 11.0. The molecule has 1 saturated heterocycles. The normalized spacial score (nSPS) is 22.9. The fourth-order valence-electron chi connectivity index (χ4n) is 1.71. The molecule has 0 spiro atoms. The molecule has 0 aromatic rings. The average Bonchev–Trinajstić information content (AvgIpc) is 2.08. The lowest BCUT2D eigenvalue weighted by Gasteiger charge is -2.32. The van der Waals surface area contributed by atoms with Gasteiger partial charge in [0.1, 0.15) is 0 Å². The van der Waals surface area contributed by atoms with Gasteiger partial charge in [0.2, 0.25) is 0 Å². The van der Waals surface area contributed by atoms with E-state index in [0.717, 1.165) is 18.7 Å². The molecule has 1 unspecified atom stereocenters. The van der Waals surface area contributed by atoms with E-state index < -0.39 is 10.2 Å². The standard InChI is InChI=1S/C10H21N3O2S/c1-8(2)11-16(14,15)12-10-5-6-13(4)9(3)7-10/h8,10-12H,3,5-7H2,1-2,4H3. The van der Waals surface area contributed by atoms with Crippen molar-refractivity contribution in [2.75, 3.05) is 13.6 Å². The second-order valence-corrected chi connectivity index (χ2v) is 6.05. The molecule has 2 N–H and O–H groups in total. The van der Waals surface area contributed by atoms with Crippen molar-refractivity contribution in [3.8, 4) is 0 Å². The van der Waals surface area contributed by atoms with Crippen molar-refractivity contribution >= 4 is 10.2 Å². The lowest BCUT2D eigenvalue weighted by Crippen LogP contribution is -2.48. The number of piperidine rings is 1. The van der Waals surface area contributed by atoms with Crippen LogP contribution in [0.2, 0.25) is 0 Å². The van der Waals surface area contributed by atoms with Crippen molar-refractivity contribution in [3.05, 3.63) is 12.3 Å². The van der Waals surface area contributed by atoms with E-state index in [2.05, 4.69) is 20.9 Å². The quantitative estimate of drug-likeness (QED) is 0.757. The Morgan fingerprint density at radius 3 is 2.62 bits per heavy atom. The van der Waals surface area contributed by atoms with Crippen LogP contribution in [-0.4, -0.2) is 39.0 Å². The van der Waals surface area contributed by atoms with Crippen molar-refractivity contribution in [3.63, 3.8) is 0 Å². The lowest BCUT2D eigenvalue weighted by atomic mass is 10.0. The smallest absolute Gasteiger partial charge is 0.277 e. The van der Waals surface area contributed by atoms with Crippen LogP contribution in [0.4, 0.5) is 0 Å². The summed E-state index contributed by atoms with van der Waals surface area (Å²) in [5.41, 5.74) is 0.975. The minimum Gasteiger partial charge on any atom is -0.378 e. The summed E-state index contributed by atoms with van der Waals surface area (Å²) in [6.45, 7) is 8.34. The summed E-state index contributed by atoms with van der Waals surface area (Å²) in [6, 6.07) is -0.132. The topological polar surface area (TPSA) is 61.4 Å². The zero-order chi connectivity index (χ0) is 12.3. The van der Waals surface area contributed by atoms with Crippen LogP contribution < -0.4 is 9.44 Å². The van der Waals surface area contributed by atoms with Crippen LogP contribution in [0, 0.1) is 0 Å². The van der Waals surface area contributed by atoms with E-state index in [1.807, 2.05) is 7.05 Å². The van der Waals surface area contributed by atoms with Crippen LogP contribution in [0.1, 0.15) is 26.7 Å². The summed E-state index contributed by atoms with van der Waals surface area (Å²) in [4.78, 5) is 2.06. The first-order chi connectivity index (χ1) is 7.30. The fraction of sp³-hybridized carbons (Fsp3) is 0.800. The van der Waals surface area contributed by atoms with Crippen molar-refractivity contribution in [2.45, 2.75) is 38.8 Å². The van der Waals surface area contributed by atoms with Gasteiger partial charge in [0.25, 0.3) is 10.2 Å². The number of likely N-dealkylation sites (tertiary alicyclic amines) is 1. The Bertz CT molecular complexity index is 351. The molecule has 6 heteroatoms. The number of nitrogens with zero attached hydrogens (tertiary/aromatic N) is 1. The van der Waals surface area contributed by atoms with Crippen LogP contribution in [0.25, 0.3) is 0 Å². The van der Waals surface area contributed by atoms with Gasteiger partial charge in [-0.1, -0.05) is 6.58 Å². The Hall–Kier alpha value is -0.590. The first-order valence-corrected chi connectivity index (χ1v) is 6.97. The molecule has 0 saturated carbocycles. The minimum absolute atomic E-state index is 0.0417. The van der Waals surface area contributed by atoms with E-state index in [4.69, 9.17) is 0 Å². The van der Waals surface area contributed by atoms with Crippen LogP contribution >= 0.6 is 0 Å².